The molecule has 5 heteroatoms. The molecule has 4 rings (SSSR count). The largest absolute Gasteiger partial charge is 0.333 e. The number of terminal acetylenes is 1. The number of hydrogen-bond donors (Lipinski definition) is 1. The molecule has 4 aromatic rings. The molecule has 0 bridgehead atoms. The Morgan fingerprint density at radius 1 is 1.11 bits per heavy atom. The van der Waals surface area contributed by atoms with Crippen LogP contribution in [0, 0.1) is 19.3 Å². The van der Waals surface area contributed by atoms with E-state index in [0.29, 0.717) is 6.54 Å². The Hall–Kier alpha value is -3.52. The molecule has 134 valence electrons. The number of imidazole rings is 1. The Labute approximate surface area is 158 Å². The zero-order valence-electron chi connectivity index (χ0n) is 15.5. The van der Waals surface area contributed by atoms with Gasteiger partial charge in [0.2, 0.25) is 5.95 Å². The highest BCUT2D eigenvalue weighted by Crippen LogP contribution is 2.24. The first kappa shape index (κ1) is 16.9. The summed E-state index contributed by atoms with van der Waals surface area (Å²) < 4.78 is 4.25. The average molecular weight is 355 g/mol. The Morgan fingerprint density at radius 3 is 2.63 bits per heavy atom. The summed E-state index contributed by atoms with van der Waals surface area (Å²) in [7, 11) is 0. The molecule has 1 N–H and O–H groups in total. The summed E-state index contributed by atoms with van der Waals surface area (Å²) in [5.74, 6) is 3.47. The molecule has 2 aromatic carbocycles. The SMILES string of the molecule is C#CCn1c(C)c(/C=N\Nc2nc3ccccc3n2CC)c2ccccc21. The number of hydrogen-bond acceptors (Lipinski definition) is 3. The van der Waals surface area contributed by atoms with Crippen molar-refractivity contribution in [1.82, 2.24) is 14.1 Å². The van der Waals surface area contributed by atoms with Crippen molar-refractivity contribution < 1.29 is 0 Å². The summed E-state index contributed by atoms with van der Waals surface area (Å²) in [4.78, 5) is 4.64. The highest BCUT2D eigenvalue weighted by atomic mass is 15.4. The van der Waals surface area contributed by atoms with Gasteiger partial charge in [-0.25, -0.2) is 10.4 Å². The van der Waals surface area contributed by atoms with E-state index >= 15 is 0 Å². The van der Waals surface area contributed by atoms with Crippen molar-refractivity contribution in [2.45, 2.75) is 26.9 Å². The number of para-hydroxylation sites is 3. The Bertz CT molecular complexity index is 1190. The quantitative estimate of drug-likeness (QED) is 0.328. The van der Waals surface area contributed by atoms with Crippen LogP contribution >= 0.6 is 0 Å². The molecule has 0 atom stereocenters. The van der Waals surface area contributed by atoms with E-state index in [-0.39, 0.29) is 0 Å². The molecule has 0 radical (unpaired) electrons. The number of nitrogens with zero attached hydrogens (tertiary/aromatic N) is 4. The molecule has 0 spiro atoms. The molecule has 0 unspecified atom stereocenters. The van der Waals surface area contributed by atoms with Gasteiger partial charge in [0, 0.05) is 28.7 Å². The van der Waals surface area contributed by atoms with Crippen LogP contribution in [0.2, 0.25) is 0 Å². The number of benzene rings is 2. The van der Waals surface area contributed by atoms with Crippen LogP contribution in [0.5, 0.6) is 0 Å². The summed E-state index contributed by atoms with van der Waals surface area (Å²) in [5.41, 5.74) is 8.44. The van der Waals surface area contributed by atoms with Crippen LogP contribution in [0.1, 0.15) is 18.2 Å². The number of aromatic nitrogens is 3. The monoisotopic (exact) mass is 355 g/mol. The first-order chi connectivity index (χ1) is 13.2. The second-order valence-corrected chi connectivity index (χ2v) is 6.34. The van der Waals surface area contributed by atoms with Gasteiger partial charge >= 0.3 is 0 Å². The van der Waals surface area contributed by atoms with Gasteiger partial charge in [0.25, 0.3) is 0 Å². The number of hydrazone groups is 1. The summed E-state index contributed by atoms with van der Waals surface area (Å²) in [6, 6.07) is 16.3. The predicted molar refractivity (Wildman–Crippen MR) is 112 cm³/mol. The Kier molecular flexibility index (Phi) is 4.39. The van der Waals surface area contributed by atoms with E-state index in [0.717, 1.165) is 45.7 Å². The van der Waals surface area contributed by atoms with E-state index in [2.05, 4.69) is 62.6 Å². The predicted octanol–water partition coefficient (Wildman–Crippen LogP) is 4.40. The Balaban J connectivity index is 1.71. The summed E-state index contributed by atoms with van der Waals surface area (Å²) in [6.07, 6.45) is 7.40. The number of fused-ring (bicyclic) bond motifs is 2. The minimum Gasteiger partial charge on any atom is -0.333 e. The lowest BCUT2D eigenvalue weighted by Gasteiger charge is -2.04. The van der Waals surface area contributed by atoms with Crippen molar-refractivity contribution in [2.75, 3.05) is 5.43 Å². The van der Waals surface area contributed by atoms with Gasteiger partial charge in [0.15, 0.2) is 0 Å². The molecule has 2 aromatic heterocycles. The van der Waals surface area contributed by atoms with Crippen molar-refractivity contribution in [3.05, 3.63) is 59.8 Å². The van der Waals surface area contributed by atoms with Crippen LogP contribution in [0.4, 0.5) is 5.95 Å². The van der Waals surface area contributed by atoms with Crippen LogP contribution in [0.15, 0.2) is 53.6 Å². The Morgan fingerprint density at radius 2 is 1.85 bits per heavy atom. The molecule has 0 aliphatic rings. The molecule has 5 nitrogen and oxygen atoms in total. The van der Waals surface area contributed by atoms with Crippen molar-refractivity contribution >= 4 is 34.1 Å². The zero-order valence-corrected chi connectivity index (χ0v) is 15.5. The van der Waals surface area contributed by atoms with Crippen LogP contribution < -0.4 is 5.43 Å². The smallest absolute Gasteiger partial charge is 0.224 e. The average Bonchev–Trinajstić information content (AvgIpc) is 3.18. The maximum Gasteiger partial charge on any atom is 0.224 e. The highest BCUT2D eigenvalue weighted by Gasteiger charge is 2.12. The van der Waals surface area contributed by atoms with Gasteiger partial charge in [0.1, 0.15) is 0 Å². The maximum absolute atomic E-state index is 5.55. The standard InChI is InChI=1S/C22H21N5/c1-4-14-27-16(3)18(17-10-6-8-12-20(17)27)15-23-25-22-24-19-11-7-9-13-21(19)26(22)5-2/h1,6-13,15H,5,14H2,2-3H3,(H,24,25)/b23-15-. The van der Waals surface area contributed by atoms with Crippen LogP contribution in [0.25, 0.3) is 21.9 Å². The van der Waals surface area contributed by atoms with Crippen LogP contribution in [0.3, 0.4) is 0 Å². The number of aryl methyl sites for hydroxylation is 1. The molecule has 0 saturated carbocycles. The molecule has 2 heterocycles. The molecule has 0 fully saturated rings. The van der Waals surface area contributed by atoms with Crippen LogP contribution in [-0.2, 0) is 13.1 Å². The van der Waals surface area contributed by atoms with Gasteiger partial charge in [-0.15, -0.1) is 6.42 Å². The van der Waals surface area contributed by atoms with Crippen molar-refractivity contribution in [3.8, 4) is 12.3 Å². The molecule has 0 amide bonds. The highest BCUT2D eigenvalue weighted by molar-refractivity contribution is 6.01. The zero-order chi connectivity index (χ0) is 18.8. The fourth-order valence-electron chi connectivity index (χ4n) is 3.55. The van der Waals surface area contributed by atoms with Crippen molar-refractivity contribution in [1.29, 1.82) is 0 Å². The third-order valence-electron chi connectivity index (χ3n) is 4.86. The molecule has 0 aliphatic heterocycles. The maximum atomic E-state index is 5.55. The molecule has 0 aliphatic carbocycles. The van der Waals surface area contributed by atoms with E-state index in [4.69, 9.17) is 6.42 Å². The lowest BCUT2D eigenvalue weighted by Crippen LogP contribution is -2.02. The third kappa shape index (κ3) is 2.85. The van der Waals surface area contributed by atoms with E-state index in [1.165, 1.54) is 0 Å². The molecule has 0 saturated heterocycles. The minimum absolute atomic E-state index is 0.541. The summed E-state index contributed by atoms with van der Waals surface area (Å²) in [6.45, 7) is 5.53. The lowest BCUT2D eigenvalue weighted by molar-refractivity contribution is 0.791. The number of anilines is 1. The van der Waals surface area contributed by atoms with E-state index in [1.54, 1.807) is 0 Å². The van der Waals surface area contributed by atoms with E-state index in [9.17, 15) is 0 Å². The van der Waals surface area contributed by atoms with E-state index < -0.39 is 0 Å². The molecular formula is C22H21N5. The van der Waals surface area contributed by atoms with Crippen molar-refractivity contribution in [3.63, 3.8) is 0 Å². The fraction of sp³-hybridized carbons (Fsp3) is 0.182. The lowest BCUT2D eigenvalue weighted by atomic mass is 10.1. The molecular weight excluding hydrogens is 334 g/mol. The van der Waals surface area contributed by atoms with Gasteiger partial charge in [0.05, 0.1) is 23.8 Å². The van der Waals surface area contributed by atoms with Gasteiger partial charge in [-0.2, -0.15) is 5.10 Å². The third-order valence-corrected chi connectivity index (χ3v) is 4.86. The second kappa shape index (κ2) is 7.00. The van der Waals surface area contributed by atoms with Crippen molar-refractivity contribution in [2.24, 2.45) is 5.10 Å². The normalized spacial score (nSPS) is 11.4. The van der Waals surface area contributed by atoms with Gasteiger partial charge < -0.3 is 9.13 Å². The number of rotatable bonds is 5. The van der Waals surface area contributed by atoms with Gasteiger partial charge in [-0.1, -0.05) is 36.3 Å². The van der Waals surface area contributed by atoms with Gasteiger partial charge in [-0.05, 0) is 32.0 Å². The minimum atomic E-state index is 0.541. The number of nitrogens with one attached hydrogen (secondary N) is 1. The second-order valence-electron chi connectivity index (χ2n) is 6.34. The van der Waals surface area contributed by atoms with E-state index in [1.807, 2.05) is 36.5 Å². The summed E-state index contributed by atoms with van der Waals surface area (Å²) in [5, 5.41) is 5.62. The molecule has 27 heavy (non-hydrogen) atoms. The first-order valence-electron chi connectivity index (χ1n) is 9.00. The van der Waals surface area contributed by atoms with Crippen LogP contribution in [-0.4, -0.2) is 20.3 Å². The topological polar surface area (TPSA) is 47.1 Å². The van der Waals surface area contributed by atoms with Gasteiger partial charge in [-0.3, -0.25) is 0 Å². The summed E-state index contributed by atoms with van der Waals surface area (Å²) >= 11 is 0. The fourth-order valence-corrected chi connectivity index (χ4v) is 3.55. The first-order valence-corrected chi connectivity index (χ1v) is 9.00.